The molecule has 2 aromatic heterocycles. The molecular formula is C17H19N5OS. The fourth-order valence-corrected chi connectivity index (χ4v) is 2.84. The number of carbonyl (C=O) groups is 1. The first kappa shape index (κ1) is 16.4. The summed E-state index contributed by atoms with van der Waals surface area (Å²) < 4.78 is 6.50. The molecule has 0 spiro atoms. The van der Waals surface area contributed by atoms with Gasteiger partial charge in [-0.25, -0.2) is 9.71 Å². The SMILES string of the molecule is CCC(=O)Nc1cccc(NSNCc2ccnc3[nH]ccc23)c1. The lowest BCUT2D eigenvalue weighted by molar-refractivity contribution is -0.115. The molecule has 3 rings (SSSR count). The first-order chi connectivity index (χ1) is 11.8. The van der Waals surface area contributed by atoms with E-state index >= 15 is 0 Å². The maximum absolute atomic E-state index is 11.4. The number of hydrogen-bond donors (Lipinski definition) is 4. The Morgan fingerprint density at radius 1 is 1.25 bits per heavy atom. The van der Waals surface area contributed by atoms with Gasteiger partial charge >= 0.3 is 0 Å². The van der Waals surface area contributed by atoms with E-state index in [1.165, 1.54) is 17.7 Å². The molecule has 3 aromatic rings. The summed E-state index contributed by atoms with van der Waals surface area (Å²) in [7, 11) is 0. The molecule has 124 valence electrons. The Morgan fingerprint density at radius 2 is 2.12 bits per heavy atom. The van der Waals surface area contributed by atoms with E-state index in [-0.39, 0.29) is 5.91 Å². The van der Waals surface area contributed by atoms with Crippen molar-refractivity contribution >= 4 is 40.4 Å². The third-order valence-electron chi connectivity index (χ3n) is 3.52. The second-order valence-electron chi connectivity index (χ2n) is 5.22. The van der Waals surface area contributed by atoms with E-state index in [2.05, 4.69) is 24.7 Å². The van der Waals surface area contributed by atoms with Gasteiger partial charge in [0, 0.05) is 54.3 Å². The molecule has 24 heavy (non-hydrogen) atoms. The summed E-state index contributed by atoms with van der Waals surface area (Å²) in [5, 5.41) is 3.97. The van der Waals surface area contributed by atoms with Crippen LogP contribution in [0.15, 0.2) is 48.8 Å². The van der Waals surface area contributed by atoms with Crippen molar-refractivity contribution in [3.05, 3.63) is 54.4 Å². The van der Waals surface area contributed by atoms with Gasteiger partial charge in [-0.15, -0.1) is 0 Å². The van der Waals surface area contributed by atoms with Crippen molar-refractivity contribution in [1.82, 2.24) is 14.7 Å². The van der Waals surface area contributed by atoms with Crippen LogP contribution in [-0.2, 0) is 11.3 Å². The summed E-state index contributed by atoms with van der Waals surface area (Å²) in [5.74, 6) is 0.00568. The summed E-state index contributed by atoms with van der Waals surface area (Å²) in [6, 6.07) is 11.7. The summed E-state index contributed by atoms with van der Waals surface area (Å²) in [6.45, 7) is 2.54. The molecule has 0 bridgehead atoms. The van der Waals surface area contributed by atoms with Gasteiger partial charge in [0.2, 0.25) is 5.91 Å². The molecule has 0 unspecified atom stereocenters. The number of rotatable bonds is 7. The van der Waals surface area contributed by atoms with Crippen molar-refractivity contribution < 1.29 is 4.79 Å². The molecule has 0 aliphatic carbocycles. The number of hydrogen-bond acceptors (Lipinski definition) is 5. The topological polar surface area (TPSA) is 81.8 Å². The van der Waals surface area contributed by atoms with Crippen molar-refractivity contribution in [3.63, 3.8) is 0 Å². The lowest BCUT2D eigenvalue weighted by atomic mass is 10.2. The maximum atomic E-state index is 11.4. The van der Waals surface area contributed by atoms with E-state index in [1.54, 1.807) is 6.20 Å². The average Bonchev–Trinajstić information content (AvgIpc) is 3.08. The highest BCUT2D eigenvalue weighted by Crippen LogP contribution is 2.19. The van der Waals surface area contributed by atoms with Crippen molar-refractivity contribution in [1.29, 1.82) is 0 Å². The molecule has 0 atom stereocenters. The quantitative estimate of drug-likeness (QED) is 0.389. The zero-order valence-corrected chi connectivity index (χ0v) is 14.1. The number of nitrogens with zero attached hydrogens (tertiary/aromatic N) is 1. The second kappa shape index (κ2) is 7.85. The van der Waals surface area contributed by atoms with Crippen LogP contribution in [0.25, 0.3) is 11.0 Å². The smallest absolute Gasteiger partial charge is 0.224 e. The molecule has 7 heteroatoms. The van der Waals surface area contributed by atoms with E-state index in [9.17, 15) is 4.79 Å². The minimum Gasteiger partial charge on any atom is -0.346 e. The molecule has 1 amide bonds. The zero-order valence-electron chi connectivity index (χ0n) is 13.3. The standard InChI is InChI=1S/C17H19N5OS/c1-2-16(23)21-13-4-3-5-14(10-13)22-24-20-11-12-6-8-18-17-15(12)7-9-19-17/h3-10,20,22H,2,11H2,1H3,(H,18,19)(H,21,23). The fraction of sp³-hybridized carbons (Fsp3) is 0.176. The molecule has 0 fully saturated rings. The minimum absolute atomic E-state index is 0.00568. The van der Waals surface area contributed by atoms with Crippen molar-refractivity contribution in [2.75, 3.05) is 10.0 Å². The monoisotopic (exact) mass is 341 g/mol. The van der Waals surface area contributed by atoms with Crippen LogP contribution in [0.2, 0.25) is 0 Å². The van der Waals surface area contributed by atoms with Crippen LogP contribution in [0.1, 0.15) is 18.9 Å². The van der Waals surface area contributed by atoms with E-state index in [4.69, 9.17) is 0 Å². The Balaban J connectivity index is 1.52. The highest BCUT2D eigenvalue weighted by Gasteiger charge is 2.03. The molecule has 2 heterocycles. The Kier molecular flexibility index (Phi) is 5.35. The maximum Gasteiger partial charge on any atom is 0.224 e. The highest BCUT2D eigenvalue weighted by molar-refractivity contribution is 7.98. The lowest BCUT2D eigenvalue weighted by Crippen LogP contribution is -2.10. The van der Waals surface area contributed by atoms with Crippen LogP contribution in [0.5, 0.6) is 0 Å². The molecule has 0 aliphatic heterocycles. The van der Waals surface area contributed by atoms with Gasteiger partial charge in [0.25, 0.3) is 0 Å². The number of fused-ring (bicyclic) bond motifs is 1. The number of anilines is 2. The van der Waals surface area contributed by atoms with Crippen molar-refractivity contribution in [2.24, 2.45) is 0 Å². The van der Waals surface area contributed by atoms with Gasteiger partial charge in [0.15, 0.2) is 0 Å². The van der Waals surface area contributed by atoms with Crippen molar-refractivity contribution in [2.45, 2.75) is 19.9 Å². The first-order valence-corrected chi connectivity index (χ1v) is 8.53. The van der Waals surface area contributed by atoms with Crippen LogP contribution < -0.4 is 14.8 Å². The van der Waals surface area contributed by atoms with E-state index in [0.717, 1.165) is 22.4 Å². The molecule has 0 saturated heterocycles. The number of H-pyrrole nitrogens is 1. The molecule has 1 aromatic carbocycles. The van der Waals surface area contributed by atoms with Crippen LogP contribution in [0.3, 0.4) is 0 Å². The molecule has 0 aliphatic rings. The third-order valence-corrected chi connectivity index (χ3v) is 4.15. The van der Waals surface area contributed by atoms with Gasteiger partial charge in [-0.1, -0.05) is 13.0 Å². The number of carbonyl (C=O) groups excluding carboxylic acids is 1. The Morgan fingerprint density at radius 3 is 3.00 bits per heavy atom. The molecule has 0 saturated carbocycles. The molecule has 0 radical (unpaired) electrons. The van der Waals surface area contributed by atoms with Gasteiger partial charge < -0.3 is 15.0 Å². The molecule has 4 N–H and O–H groups in total. The summed E-state index contributed by atoms with van der Waals surface area (Å²) in [5.41, 5.74) is 3.78. The highest BCUT2D eigenvalue weighted by atomic mass is 32.2. The van der Waals surface area contributed by atoms with E-state index < -0.39 is 0 Å². The number of aromatic nitrogens is 2. The number of nitrogens with one attached hydrogen (secondary N) is 4. The predicted octanol–water partition coefficient (Wildman–Crippen LogP) is 3.68. The molecular weight excluding hydrogens is 322 g/mol. The lowest BCUT2D eigenvalue weighted by Gasteiger charge is -2.09. The van der Waals surface area contributed by atoms with Crippen LogP contribution in [0, 0.1) is 0 Å². The largest absolute Gasteiger partial charge is 0.346 e. The van der Waals surface area contributed by atoms with Crippen molar-refractivity contribution in [3.8, 4) is 0 Å². The zero-order chi connectivity index (χ0) is 16.8. The second-order valence-corrected chi connectivity index (χ2v) is 5.91. The number of pyridine rings is 1. The number of aromatic amines is 1. The Bertz CT molecular complexity index is 832. The summed E-state index contributed by atoms with van der Waals surface area (Å²) >= 11 is 1.40. The van der Waals surface area contributed by atoms with Gasteiger partial charge in [0.05, 0.1) is 0 Å². The third kappa shape index (κ3) is 4.06. The normalized spacial score (nSPS) is 10.7. The average molecular weight is 341 g/mol. The first-order valence-electron chi connectivity index (χ1n) is 7.72. The fourth-order valence-electron chi connectivity index (χ4n) is 2.29. The van der Waals surface area contributed by atoms with Gasteiger partial charge in [-0.3, -0.25) is 4.79 Å². The number of benzene rings is 1. The minimum atomic E-state index is 0.00568. The number of amides is 1. The van der Waals surface area contributed by atoms with Gasteiger partial charge in [0.1, 0.15) is 5.65 Å². The summed E-state index contributed by atoms with van der Waals surface area (Å²) in [4.78, 5) is 18.8. The van der Waals surface area contributed by atoms with E-state index in [0.29, 0.717) is 13.0 Å². The van der Waals surface area contributed by atoms with Gasteiger partial charge in [-0.05, 0) is 35.9 Å². The predicted molar refractivity (Wildman–Crippen MR) is 99.5 cm³/mol. The molecule has 6 nitrogen and oxygen atoms in total. The summed E-state index contributed by atoms with van der Waals surface area (Å²) in [6.07, 6.45) is 4.16. The van der Waals surface area contributed by atoms with Crippen LogP contribution in [-0.4, -0.2) is 15.9 Å². The van der Waals surface area contributed by atoms with Crippen LogP contribution in [0.4, 0.5) is 11.4 Å². The Labute approximate surface area is 144 Å². The van der Waals surface area contributed by atoms with Gasteiger partial charge in [-0.2, -0.15) is 0 Å². The Hall–Kier alpha value is -2.51. The van der Waals surface area contributed by atoms with Crippen LogP contribution >= 0.6 is 12.1 Å². The van der Waals surface area contributed by atoms with E-state index in [1.807, 2.05) is 49.5 Å².